The topological polar surface area (TPSA) is 49.4 Å². The third-order valence-corrected chi connectivity index (χ3v) is 6.40. The minimum absolute atomic E-state index is 0. The normalized spacial score (nSPS) is 26.2. The first-order valence-corrected chi connectivity index (χ1v) is 8.42. The van der Waals surface area contributed by atoms with Gasteiger partial charge in [0.1, 0.15) is 5.82 Å². The molecular formula is C14H20ClFN2O2S. The van der Waals surface area contributed by atoms with Gasteiger partial charge in [0.15, 0.2) is 0 Å². The van der Waals surface area contributed by atoms with E-state index in [1.54, 1.807) is 11.2 Å². The second-order valence-corrected chi connectivity index (χ2v) is 7.58. The third-order valence-electron chi connectivity index (χ3n) is 4.37. The van der Waals surface area contributed by atoms with Gasteiger partial charge in [-0.1, -0.05) is 0 Å². The minimum atomic E-state index is -3.51. The van der Waals surface area contributed by atoms with Gasteiger partial charge in [-0.15, -0.1) is 12.4 Å². The number of piperidine rings is 1. The number of sulfonamides is 1. The van der Waals surface area contributed by atoms with Crippen molar-refractivity contribution in [3.8, 4) is 0 Å². The Kier molecular flexibility index (Phi) is 4.92. The zero-order valence-corrected chi connectivity index (χ0v) is 13.5. The lowest BCUT2D eigenvalue weighted by Gasteiger charge is -2.34. The van der Waals surface area contributed by atoms with Gasteiger partial charge in [-0.25, -0.2) is 12.8 Å². The van der Waals surface area contributed by atoms with Crippen LogP contribution in [0.5, 0.6) is 0 Å². The van der Waals surface area contributed by atoms with Gasteiger partial charge in [-0.05, 0) is 56.0 Å². The van der Waals surface area contributed by atoms with E-state index < -0.39 is 15.8 Å². The molecule has 0 aromatic heterocycles. The minimum Gasteiger partial charge on any atom is -0.314 e. The van der Waals surface area contributed by atoms with E-state index >= 15 is 0 Å². The highest BCUT2D eigenvalue weighted by atomic mass is 35.5. The van der Waals surface area contributed by atoms with Crippen LogP contribution in [0.4, 0.5) is 4.39 Å². The molecule has 2 saturated heterocycles. The Labute approximate surface area is 131 Å². The standard InChI is InChI=1S/C14H19FN2O2S.ClH/c1-10-8-12(15)2-3-14(10)20(18,19)17-7-5-13-11(9-17)4-6-16-13;/h2-3,8,11,13,16H,4-7,9H2,1H3;1H. The molecule has 118 valence electrons. The van der Waals surface area contributed by atoms with Crippen molar-refractivity contribution in [2.45, 2.75) is 30.7 Å². The number of hydrogen-bond acceptors (Lipinski definition) is 3. The number of halogens is 2. The fourth-order valence-electron chi connectivity index (χ4n) is 3.27. The summed E-state index contributed by atoms with van der Waals surface area (Å²) in [6, 6.07) is 4.32. The third kappa shape index (κ3) is 3.08. The van der Waals surface area contributed by atoms with Crippen LogP contribution in [0.2, 0.25) is 0 Å². The summed E-state index contributed by atoms with van der Waals surface area (Å²) < 4.78 is 40.1. The summed E-state index contributed by atoms with van der Waals surface area (Å²) in [6.07, 6.45) is 1.88. The van der Waals surface area contributed by atoms with Crippen molar-refractivity contribution in [1.29, 1.82) is 0 Å². The molecule has 1 aromatic carbocycles. The number of nitrogens with zero attached hydrogens (tertiary/aromatic N) is 1. The molecule has 0 spiro atoms. The Bertz CT molecular complexity index is 623. The smallest absolute Gasteiger partial charge is 0.243 e. The Morgan fingerprint density at radius 1 is 1.33 bits per heavy atom. The summed E-state index contributed by atoms with van der Waals surface area (Å²) >= 11 is 0. The Balaban J connectivity index is 0.00000161. The maximum atomic E-state index is 13.1. The maximum absolute atomic E-state index is 13.1. The molecule has 21 heavy (non-hydrogen) atoms. The number of hydrogen-bond donors (Lipinski definition) is 1. The first-order chi connectivity index (χ1) is 9.48. The molecule has 0 radical (unpaired) electrons. The van der Waals surface area contributed by atoms with Crippen molar-refractivity contribution in [3.63, 3.8) is 0 Å². The van der Waals surface area contributed by atoms with Crippen LogP contribution < -0.4 is 5.32 Å². The van der Waals surface area contributed by atoms with Crippen molar-refractivity contribution in [2.24, 2.45) is 5.92 Å². The molecule has 1 N–H and O–H groups in total. The van der Waals surface area contributed by atoms with Crippen molar-refractivity contribution in [2.75, 3.05) is 19.6 Å². The predicted octanol–water partition coefficient (Wildman–Crippen LogP) is 1.93. The summed E-state index contributed by atoms with van der Waals surface area (Å²) in [5.74, 6) is -0.000527. The molecule has 0 saturated carbocycles. The van der Waals surface area contributed by atoms with E-state index in [4.69, 9.17) is 0 Å². The summed E-state index contributed by atoms with van der Waals surface area (Å²) in [7, 11) is -3.51. The highest BCUT2D eigenvalue weighted by Gasteiger charge is 2.38. The largest absolute Gasteiger partial charge is 0.314 e. The lowest BCUT2D eigenvalue weighted by atomic mass is 9.95. The highest BCUT2D eigenvalue weighted by molar-refractivity contribution is 7.89. The molecule has 2 aliphatic heterocycles. The lowest BCUT2D eigenvalue weighted by molar-refractivity contribution is 0.247. The zero-order chi connectivity index (χ0) is 14.3. The molecule has 7 heteroatoms. The van der Waals surface area contributed by atoms with Gasteiger partial charge in [-0.2, -0.15) is 4.31 Å². The van der Waals surface area contributed by atoms with Gasteiger partial charge in [0.05, 0.1) is 4.90 Å². The van der Waals surface area contributed by atoms with Crippen LogP contribution in [0.15, 0.2) is 23.1 Å². The number of benzene rings is 1. The average Bonchev–Trinajstić information content (AvgIpc) is 2.85. The van der Waals surface area contributed by atoms with Crippen LogP contribution in [-0.2, 0) is 10.0 Å². The molecule has 2 atom stereocenters. The highest BCUT2D eigenvalue weighted by Crippen LogP contribution is 2.29. The molecule has 0 aliphatic carbocycles. The fourth-order valence-corrected chi connectivity index (χ4v) is 4.99. The van der Waals surface area contributed by atoms with Crippen molar-refractivity contribution >= 4 is 22.4 Å². The first kappa shape index (κ1) is 16.7. The van der Waals surface area contributed by atoms with Crippen LogP contribution in [0.3, 0.4) is 0 Å². The number of aryl methyl sites for hydroxylation is 1. The molecule has 1 aromatic rings. The van der Waals surface area contributed by atoms with Crippen LogP contribution in [-0.4, -0.2) is 38.4 Å². The SMILES string of the molecule is Cc1cc(F)ccc1S(=O)(=O)N1CCC2NCCC2C1.Cl. The summed E-state index contributed by atoms with van der Waals surface area (Å²) in [6.45, 7) is 3.71. The van der Waals surface area contributed by atoms with E-state index in [2.05, 4.69) is 5.32 Å². The van der Waals surface area contributed by atoms with Gasteiger partial charge in [0, 0.05) is 19.1 Å². The van der Waals surface area contributed by atoms with Crippen LogP contribution >= 0.6 is 12.4 Å². The Morgan fingerprint density at radius 2 is 2.10 bits per heavy atom. The van der Waals surface area contributed by atoms with E-state index in [1.807, 2.05) is 0 Å². The zero-order valence-electron chi connectivity index (χ0n) is 11.9. The van der Waals surface area contributed by atoms with E-state index in [0.29, 0.717) is 30.6 Å². The van der Waals surface area contributed by atoms with Crippen LogP contribution in [0, 0.1) is 18.7 Å². The maximum Gasteiger partial charge on any atom is 0.243 e. The molecule has 3 rings (SSSR count). The van der Waals surface area contributed by atoms with Crippen molar-refractivity contribution < 1.29 is 12.8 Å². The number of nitrogens with one attached hydrogen (secondary N) is 1. The molecule has 2 heterocycles. The van der Waals surface area contributed by atoms with Gasteiger partial charge in [-0.3, -0.25) is 0 Å². The second kappa shape index (κ2) is 6.20. The van der Waals surface area contributed by atoms with E-state index in [0.717, 1.165) is 19.4 Å². The Morgan fingerprint density at radius 3 is 2.81 bits per heavy atom. The fraction of sp³-hybridized carbons (Fsp3) is 0.571. The number of fused-ring (bicyclic) bond motifs is 1. The van der Waals surface area contributed by atoms with Gasteiger partial charge in [0.2, 0.25) is 10.0 Å². The van der Waals surface area contributed by atoms with E-state index in [1.165, 1.54) is 18.2 Å². The van der Waals surface area contributed by atoms with Crippen molar-refractivity contribution in [3.05, 3.63) is 29.6 Å². The van der Waals surface area contributed by atoms with Gasteiger partial charge >= 0.3 is 0 Å². The lowest BCUT2D eigenvalue weighted by Crippen LogP contribution is -2.46. The summed E-state index contributed by atoms with van der Waals surface area (Å²) in [4.78, 5) is 0.225. The monoisotopic (exact) mass is 334 g/mol. The van der Waals surface area contributed by atoms with Crippen LogP contribution in [0.1, 0.15) is 18.4 Å². The van der Waals surface area contributed by atoms with E-state index in [-0.39, 0.29) is 17.3 Å². The quantitative estimate of drug-likeness (QED) is 0.899. The van der Waals surface area contributed by atoms with Crippen LogP contribution in [0.25, 0.3) is 0 Å². The predicted molar refractivity (Wildman–Crippen MR) is 81.7 cm³/mol. The second-order valence-electron chi connectivity index (χ2n) is 5.67. The average molecular weight is 335 g/mol. The molecule has 0 bridgehead atoms. The van der Waals surface area contributed by atoms with Gasteiger partial charge in [0.25, 0.3) is 0 Å². The molecule has 2 unspecified atom stereocenters. The van der Waals surface area contributed by atoms with E-state index in [9.17, 15) is 12.8 Å². The molecular weight excluding hydrogens is 315 g/mol. The first-order valence-electron chi connectivity index (χ1n) is 6.98. The summed E-state index contributed by atoms with van der Waals surface area (Å²) in [5, 5.41) is 3.42. The Hall–Kier alpha value is -0.690. The molecule has 2 fully saturated rings. The molecule has 4 nitrogen and oxygen atoms in total. The number of rotatable bonds is 2. The molecule has 0 amide bonds. The van der Waals surface area contributed by atoms with Gasteiger partial charge < -0.3 is 5.32 Å². The molecule has 2 aliphatic rings. The van der Waals surface area contributed by atoms with Crippen molar-refractivity contribution in [1.82, 2.24) is 9.62 Å². The summed E-state index contributed by atoms with van der Waals surface area (Å²) in [5.41, 5.74) is 0.469.